The number of nitrogens with two attached hydrogens (primary N) is 1. The molecule has 1 aromatic heterocycles. The van der Waals surface area contributed by atoms with Crippen molar-refractivity contribution in [2.75, 3.05) is 18.9 Å². The van der Waals surface area contributed by atoms with Crippen LogP contribution in [0.4, 0.5) is 5.82 Å². The zero-order valence-electron chi connectivity index (χ0n) is 21.2. The summed E-state index contributed by atoms with van der Waals surface area (Å²) in [6.45, 7) is 4.28. The number of unbranched alkanes of at least 4 members (excludes halogenated alkanes) is 1. The topological polar surface area (TPSA) is 184 Å². The number of anilines is 1. The molecule has 0 aliphatic carbocycles. The predicted octanol–water partition coefficient (Wildman–Crippen LogP) is 2.01. The van der Waals surface area contributed by atoms with Crippen molar-refractivity contribution in [1.29, 1.82) is 0 Å². The van der Waals surface area contributed by atoms with Crippen LogP contribution >= 0.6 is 19.3 Å². The maximum atomic E-state index is 13.7. The molecule has 15 heteroatoms. The number of carbonyl (C=O) groups excluding carboxylic acids is 1. The van der Waals surface area contributed by atoms with Gasteiger partial charge in [0.15, 0.2) is 6.23 Å². The number of carbonyl (C=O) groups is 1. The van der Waals surface area contributed by atoms with Gasteiger partial charge in [-0.2, -0.15) is 10.1 Å². The first-order chi connectivity index (χ1) is 17.9. The number of aliphatic hydroxyl groups is 2. The van der Waals surface area contributed by atoms with Gasteiger partial charge < -0.3 is 29.9 Å². The zero-order chi connectivity index (χ0) is 28.1. The van der Waals surface area contributed by atoms with Crippen molar-refractivity contribution in [2.45, 2.75) is 63.7 Å². The molecule has 6 atom stereocenters. The summed E-state index contributed by atoms with van der Waals surface area (Å²) in [6.07, 6.45) is -1.43. The molecular formula is C23H32ClN4O9P. The van der Waals surface area contributed by atoms with Crippen molar-refractivity contribution in [3.8, 4) is 5.75 Å². The molecule has 2 aromatic rings. The molecule has 0 bridgehead atoms. The Hall–Kier alpha value is -2.51. The van der Waals surface area contributed by atoms with E-state index in [1.165, 1.54) is 50.4 Å². The summed E-state index contributed by atoms with van der Waals surface area (Å²) >= 11 is 5.91. The van der Waals surface area contributed by atoms with E-state index in [1.807, 2.05) is 6.92 Å². The van der Waals surface area contributed by atoms with Crippen LogP contribution in [0.1, 0.15) is 39.8 Å². The second-order valence-corrected chi connectivity index (χ2v) is 11.1. The van der Waals surface area contributed by atoms with Crippen LogP contribution in [0.3, 0.4) is 0 Å². The van der Waals surface area contributed by atoms with Crippen molar-refractivity contribution < 1.29 is 38.1 Å². The first-order valence-electron chi connectivity index (χ1n) is 11.9. The molecule has 2 unspecified atom stereocenters. The largest absolute Gasteiger partial charge is 0.465 e. The summed E-state index contributed by atoms with van der Waals surface area (Å²) < 4.78 is 36.7. The number of hydrogen-bond donors (Lipinski definition) is 4. The lowest BCUT2D eigenvalue weighted by atomic mass is 9.96. The first-order valence-corrected chi connectivity index (χ1v) is 13.8. The highest BCUT2D eigenvalue weighted by molar-refractivity contribution is 7.52. The first kappa shape index (κ1) is 30.0. The Morgan fingerprint density at radius 3 is 2.68 bits per heavy atom. The Morgan fingerprint density at radius 1 is 1.37 bits per heavy atom. The number of aromatic nitrogens is 2. The number of benzene rings is 1. The Bertz CT molecular complexity index is 1210. The van der Waals surface area contributed by atoms with Gasteiger partial charge in [0, 0.05) is 11.2 Å². The van der Waals surface area contributed by atoms with E-state index in [4.69, 9.17) is 35.9 Å². The fraction of sp³-hybridized carbons (Fsp3) is 0.522. The maximum absolute atomic E-state index is 13.7. The number of ether oxygens (including phenoxy) is 2. The number of nitrogen functional groups attached to an aromatic ring is 1. The lowest BCUT2D eigenvalue weighted by Crippen LogP contribution is -2.46. The van der Waals surface area contributed by atoms with Crippen LogP contribution in [0.5, 0.6) is 5.75 Å². The third-order valence-electron chi connectivity index (χ3n) is 5.75. The Morgan fingerprint density at radius 2 is 2.05 bits per heavy atom. The number of hydrogen-bond acceptors (Lipinski definition) is 11. The molecule has 1 aromatic carbocycles. The molecule has 0 saturated carbocycles. The molecule has 0 radical (unpaired) electrons. The standard InChI is InChI=1S/C23H32ClN4O9P/c1-4-5-12-34-20(30)14(2)27-38(33,37-16-8-6-15(24)7-9-16)35-13-17-19(29)23(3,32)21(36-17)28-11-10-18(25)26-22(28)31/h6-11,14,17,19,21,29,32H,4-5,12-13H2,1-3H3,(H,27,33)(H2,25,26,31)/t14-,17+,19+,21?,23+,38?/m0/s1. The van der Waals surface area contributed by atoms with Gasteiger partial charge in [0.25, 0.3) is 0 Å². The minimum atomic E-state index is -4.30. The lowest BCUT2D eigenvalue weighted by molar-refractivity contribution is -0.145. The summed E-state index contributed by atoms with van der Waals surface area (Å²) in [6, 6.07) is 6.16. The molecular weight excluding hydrogens is 543 g/mol. The summed E-state index contributed by atoms with van der Waals surface area (Å²) in [5, 5.41) is 24.6. The number of nitrogens with one attached hydrogen (secondary N) is 1. The van der Waals surface area contributed by atoms with E-state index in [0.717, 1.165) is 11.0 Å². The average molecular weight is 575 g/mol. The molecule has 1 aliphatic rings. The van der Waals surface area contributed by atoms with Crippen LogP contribution < -0.4 is 21.0 Å². The number of esters is 1. The summed E-state index contributed by atoms with van der Waals surface area (Å²) in [5.41, 5.74) is 2.76. The fourth-order valence-corrected chi connectivity index (χ4v) is 5.24. The van der Waals surface area contributed by atoms with Gasteiger partial charge in [-0.1, -0.05) is 24.9 Å². The highest BCUT2D eigenvalue weighted by Gasteiger charge is 2.54. The monoisotopic (exact) mass is 574 g/mol. The van der Waals surface area contributed by atoms with Gasteiger partial charge in [-0.15, -0.1) is 0 Å². The molecule has 1 fully saturated rings. The second kappa shape index (κ2) is 12.6. The van der Waals surface area contributed by atoms with E-state index in [-0.39, 0.29) is 18.2 Å². The highest BCUT2D eigenvalue weighted by atomic mass is 35.5. The molecule has 5 N–H and O–H groups in total. The molecule has 3 rings (SSSR count). The van der Waals surface area contributed by atoms with Crippen LogP contribution in [0, 0.1) is 0 Å². The third kappa shape index (κ3) is 7.32. The molecule has 1 aliphatic heterocycles. The smallest absolute Gasteiger partial charge is 0.459 e. The van der Waals surface area contributed by atoms with E-state index in [9.17, 15) is 24.4 Å². The van der Waals surface area contributed by atoms with E-state index in [0.29, 0.717) is 11.4 Å². The summed E-state index contributed by atoms with van der Waals surface area (Å²) in [4.78, 5) is 28.3. The van der Waals surface area contributed by atoms with Gasteiger partial charge in [-0.25, -0.2) is 9.36 Å². The zero-order valence-corrected chi connectivity index (χ0v) is 22.8. The predicted molar refractivity (Wildman–Crippen MR) is 138 cm³/mol. The minimum absolute atomic E-state index is 0.0296. The molecule has 2 heterocycles. The van der Waals surface area contributed by atoms with Gasteiger partial charge in [0.2, 0.25) is 0 Å². The molecule has 1 saturated heterocycles. The van der Waals surface area contributed by atoms with E-state index in [2.05, 4.69) is 10.1 Å². The van der Waals surface area contributed by atoms with Crippen LogP contribution in [-0.4, -0.2) is 62.8 Å². The third-order valence-corrected chi connectivity index (χ3v) is 7.65. The van der Waals surface area contributed by atoms with E-state index in [1.54, 1.807) is 0 Å². The Labute approximate surface area is 224 Å². The van der Waals surface area contributed by atoms with Gasteiger partial charge in [-0.05, 0) is 50.6 Å². The number of nitrogens with zero attached hydrogens (tertiary/aromatic N) is 2. The van der Waals surface area contributed by atoms with Crippen molar-refractivity contribution in [2.24, 2.45) is 0 Å². The van der Waals surface area contributed by atoms with Crippen LogP contribution in [0.2, 0.25) is 5.02 Å². The molecule has 13 nitrogen and oxygen atoms in total. The number of rotatable bonds is 12. The number of halogens is 1. The Balaban J connectivity index is 1.78. The Kier molecular flexibility index (Phi) is 9.93. The lowest BCUT2D eigenvalue weighted by Gasteiger charge is -2.27. The number of aliphatic hydroxyl groups excluding tert-OH is 1. The van der Waals surface area contributed by atoms with Crippen molar-refractivity contribution in [3.63, 3.8) is 0 Å². The minimum Gasteiger partial charge on any atom is -0.465 e. The average Bonchev–Trinajstić information content (AvgIpc) is 3.08. The maximum Gasteiger partial charge on any atom is 0.459 e. The molecule has 0 amide bonds. The highest BCUT2D eigenvalue weighted by Crippen LogP contribution is 2.47. The molecule has 210 valence electrons. The second-order valence-electron chi connectivity index (χ2n) is 8.95. The molecule has 38 heavy (non-hydrogen) atoms. The van der Waals surface area contributed by atoms with Crippen molar-refractivity contribution >= 4 is 31.1 Å². The van der Waals surface area contributed by atoms with E-state index < -0.39 is 56.1 Å². The van der Waals surface area contributed by atoms with Gasteiger partial charge >= 0.3 is 19.4 Å². The van der Waals surface area contributed by atoms with Gasteiger partial charge in [-0.3, -0.25) is 13.9 Å². The van der Waals surface area contributed by atoms with Gasteiger partial charge in [0.1, 0.15) is 35.4 Å². The molecule has 0 spiro atoms. The summed E-state index contributed by atoms with van der Waals surface area (Å²) in [5.74, 6) is -0.579. The van der Waals surface area contributed by atoms with Crippen LogP contribution in [0.25, 0.3) is 0 Å². The van der Waals surface area contributed by atoms with Crippen molar-refractivity contribution in [3.05, 3.63) is 52.0 Å². The SMILES string of the molecule is CCCCOC(=O)[C@H](C)NP(=O)(OC[C@H]1OC(n2ccc(N)nc2=O)[C@](C)(O)[C@@H]1O)Oc1ccc(Cl)cc1. The summed E-state index contributed by atoms with van der Waals surface area (Å²) in [7, 11) is -4.30. The quantitative estimate of drug-likeness (QED) is 0.164. The van der Waals surface area contributed by atoms with Crippen molar-refractivity contribution in [1.82, 2.24) is 14.6 Å². The van der Waals surface area contributed by atoms with E-state index >= 15 is 0 Å². The van der Waals surface area contributed by atoms with Crippen LogP contribution in [0.15, 0.2) is 41.3 Å². The normalized spacial score (nSPS) is 25.5. The fourth-order valence-electron chi connectivity index (χ4n) is 3.61. The van der Waals surface area contributed by atoms with Gasteiger partial charge in [0.05, 0.1) is 13.2 Å². The van der Waals surface area contributed by atoms with Crippen LogP contribution in [-0.2, 0) is 23.4 Å².